The van der Waals surface area contributed by atoms with E-state index in [2.05, 4.69) is 12.2 Å². The fraction of sp³-hybridized carbons (Fsp3) is 0.500. The zero-order valence-electron chi connectivity index (χ0n) is 10.8. The Balaban J connectivity index is 2.41. The third-order valence-corrected chi connectivity index (χ3v) is 3.38. The van der Waals surface area contributed by atoms with Gasteiger partial charge in [0.1, 0.15) is 5.82 Å². The highest BCUT2D eigenvalue weighted by Gasteiger charge is 2.09. The fourth-order valence-electron chi connectivity index (χ4n) is 1.71. The van der Waals surface area contributed by atoms with Crippen LogP contribution in [0.5, 0.6) is 0 Å². The van der Waals surface area contributed by atoms with Crippen LogP contribution in [0.2, 0.25) is 0 Å². The maximum atomic E-state index is 12.9. The van der Waals surface area contributed by atoms with Gasteiger partial charge in [-0.3, -0.25) is 4.79 Å². The lowest BCUT2D eigenvalue weighted by Crippen LogP contribution is -2.25. The van der Waals surface area contributed by atoms with E-state index in [9.17, 15) is 9.18 Å². The van der Waals surface area contributed by atoms with E-state index < -0.39 is 0 Å². The molecule has 1 rings (SSSR count). The predicted molar refractivity (Wildman–Crippen MR) is 72.6 cm³/mol. The molecule has 1 unspecified atom stereocenters. The second-order valence-corrected chi connectivity index (χ2v) is 4.93. The summed E-state index contributed by atoms with van der Waals surface area (Å²) in [7, 11) is 0. The standard InChI is InChI=1S/C14H19ClFNO/c1-10(9-15)4-3-7-17-14(18)13-6-5-12(16)8-11(13)2/h5-6,8,10H,3-4,7,9H2,1-2H3,(H,17,18). The molecule has 2 nitrogen and oxygen atoms in total. The summed E-state index contributed by atoms with van der Waals surface area (Å²) in [5.41, 5.74) is 1.18. The second kappa shape index (κ2) is 7.37. The number of benzene rings is 1. The largest absolute Gasteiger partial charge is 0.352 e. The minimum absolute atomic E-state index is 0.147. The molecule has 0 aliphatic heterocycles. The van der Waals surface area contributed by atoms with Gasteiger partial charge in [0, 0.05) is 18.0 Å². The normalized spacial score (nSPS) is 12.2. The topological polar surface area (TPSA) is 29.1 Å². The van der Waals surface area contributed by atoms with Crippen molar-refractivity contribution in [3.8, 4) is 0 Å². The Bertz CT molecular complexity index is 409. The number of aryl methyl sites for hydroxylation is 1. The van der Waals surface area contributed by atoms with Gasteiger partial charge in [0.05, 0.1) is 0 Å². The van der Waals surface area contributed by atoms with Gasteiger partial charge < -0.3 is 5.32 Å². The Kier molecular flexibility index (Phi) is 6.13. The first-order valence-corrected chi connectivity index (χ1v) is 6.68. The number of hydrogen-bond donors (Lipinski definition) is 1. The Morgan fingerprint density at radius 1 is 1.50 bits per heavy atom. The molecule has 0 spiro atoms. The van der Waals surface area contributed by atoms with Crippen LogP contribution in [-0.2, 0) is 0 Å². The highest BCUT2D eigenvalue weighted by molar-refractivity contribution is 6.18. The summed E-state index contributed by atoms with van der Waals surface area (Å²) in [6.45, 7) is 4.43. The molecule has 0 fully saturated rings. The molecule has 0 aliphatic carbocycles. The molecule has 1 N–H and O–H groups in total. The van der Waals surface area contributed by atoms with Crippen molar-refractivity contribution in [3.63, 3.8) is 0 Å². The van der Waals surface area contributed by atoms with Crippen LogP contribution in [0.3, 0.4) is 0 Å². The number of halogens is 2. The van der Waals surface area contributed by atoms with Crippen molar-refractivity contribution in [1.29, 1.82) is 0 Å². The number of amides is 1. The van der Waals surface area contributed by atoms with Gasteiger partial charge in [0.15, 0.2) is 0 Å². The van der Waals surface area contributed by atoms with Crippen LogP contribution in [0.15, 0.2) is 18.2 Å². The van der Waals surface area contributed by atoms with Crippen molar-refractivity contribution < 1.29 is 9.18 Å². The van der Waals surface area contributed by atoms with Gasteiger partial charge in [0.25, 0.3) is 5.91 Å². The Hall–Kier alpha value is -1.09. The van der Waals surface area contributed by atoms with Crippen LogP contribution in [0, 0.1) is 18.7 Å². The second-order valence-electron chi connectivity index (χ2n) is 4.62. The van der Waals surface area contributed by atoms with E-state index in [1.54, 1.807) is 6.92 Å². The van der Waals surface area contributed by atoms with Crippen LogP contribution in [0.1, 0.15) is 35.7 Å². The monoisotopic (exact) mass is 271 g/mol. The Morgan fingerprint density at radius 3 is 2.83 bits per heavy atom. The van der Waals surface area contributed by atoms with Crippen molar-refractivity contribution >= 4 is 17.5 Å². The quantitative estimate of drug-likeness (QED) is 0.622. The number of alkyl halides is 1. The van der Waals surface area contributed by atoms with Crippen LogP contribution in [0.4, 0.5) is 4.39 Å². The van der Waals surface area contributed by atoms with Crippen molar-refractivity contribution in [2.45, 2.75) is 26.7 Å². The van der Waals surface area contributed by atoms with Crippen LogP contribution < -0.4 is 5.32 Å². The van der Waals surface area contributed by atoms with E-state index in [1.807, 2.05) is 0 Å². The zero-order valence-corrected chi connectivity index (χ0v) is 11.6. The molecule has 18 heavy (non-hydrogen) atoms. The summed E-state index contributed by atoms with van der Waals surface area (Å²) in [5, 5.41) is 2.83. The van der Waals surface area contributed by atoms with E-state index in [0.29, 0.717) is 29.5 Å². The molecule has 0 radical (unpaired) electrons. The van der Waals surface area contributed by atoms with E-state index >= 15 is 0 Å². The minimum Gasteiger partial charge on any atom is -0.352 e. The first kappa shape index (κ1) is 15.0. The molecule has 0 bridgehead atoms. The summed E-state index contributed by atoms with van der Waals surface area (Å²) in [6, 6.07) is 4.18. The van der Waals surface area contributed by atoms with Gasteiger partial charge >= 0.3 is 0 Å². The molecule has 100 valence electrons. The highest BCUT2D eigenvalue weighted by atomic mass is 35.5. The Morgan fingerprint density at radius 2 is 2.22 bits per heavy atom. The average molecular weight is 272 g/mol. The molecule has 0 heterocycles. The van der Waals surface area contributed by atoms with Crippen molar-refractivity contribution in [2.75, 3.05) is 12.4 Å². The summed E-state index contributed by atoms with van der Waals surface area (Å²) in [5.74, 6) is 0.646. The molecular weight excluding hydrogens is 253 g/mol. The first-order valence-electron chi connectivity index (χ1n) is 6.15. The number of carbonyl (C=O) groups excluding carboxylic acids is 1. The lowest BCUT2D eigenvalue weighted by atomic mass is 10.1. The van der Waals surface area contributed by atoms with E-state index in [-0.39, 0.29) is 11.7 Å². The molecule has 0 saturated carbocycles. The third kappa shape index (κ3) is 4.65. The van der Waals surface area contributed by atoms with Gasteiger partial charge in [-0.25, -0.2) is 4.39 Å². The SMILES string of the molecule is Cc1cc(F)ccc1C(=O)NCCCC(C)CCl. The molecule has 1 aromatic carbocycles. The van der Waals surface area contributed by atoms with Gasteiger partial charge in [-0.1, -0.05) is 6.92 Å². The first-order chi connectivity index (χ1) is 8.54. The molecule has 1 aromatic rings. The maximum Gasteiger partial charge on any atom is 0.251 e. The summed E-state index contributed by atoms with van der Waals surface area (Å²) in [6.07, 6.45) is 1.89. The van der Waals surface area contributed by atoms with Gasteiger partial charge in [0.2, 0.25) is 0 Å². The minimum atomic E-state index is -0.319. The summed E-state index contributed by atoms with van der Waals surface area (Å²) >= 11 is 5.70. The van der Waals surface area contributed by atoms with E-state index in [1.165, 1.54) is 18.2 Å². The molecule has 0 saturated heterocycles. The molecule has 0 aromatic heterocycles. The molecule has 1 atom stereocenters. The predicted octanol–water partition coefficient (Wildman–Crippen LogP) is 3.52. The smallest absolute Gasteiger partial charge is 0.251 e. The Labute approximate surface area is 113 Å². The van der Waals surface area contributed by atoms with E-state index in [0.717, 1.165) is 12.8 Å². The number of rotatable bonds is 6. The van der Waals surface area contributed by atoms with Crippen molar-refractivity contribution in [3.05, 3.63) is 35.1 Å². The number of hydrogen-bond acceptors (Lipinski definition) is 1. The third-order valence-electron chi connectivity index (χ3n) is 2.86. The van der Waals surface area contributed by atoms with Crippen LogP contribution >= 0.6 is 11.6 Å². The van der Waals surface area contributed by atoms with Crippen molar-refractivity contribution in [2.24, 2.45) is 5.92 Å². The average Bonchev–Trinajstić information content (AvgIpc) is 2.34. The molecule has 4 heteroatoms. The fourth-order valence-corrected chi connectivity index (χ4v) is 1.86. The highest BCUT2D eigenvalue weighted by Crippen LogP contribution is 2.10. The molecule has 1 amide bonds. The summed E-state index contributed by atoms with van der Waals surface area (Å²) < 4.78 is 12.9. The lowest BCUT2D eigenvalue weighted by molar-refractivity contribution is 0.0952. The number of nitrogens with one attached hydrogen (secondary N) is 1. The van der Waals surface area contributed by atoms with Crippen LogP contribution in [0.25, 0.3) is 0 Å². The summed E-state index contributed by atoms with van der Waals surface area (Å²) in [4.78, 5) is 11.8. The van der Waals surface area contributed by atoms with E-state index in [4.69, 9.17) is 11.6 Å². The van der Waals surface area contributed by atoms with Gasteiger partial charge in [-0.05, 0) is 49.4 Å². The number of carbonyl (C=O) groups is 1. The molecular formula is C14H19ClFNO. The van der Waals surface area contributed by atoms with Gasteiger partial charge in [-0.15, -0.1) is 11.6 Å². The van der Waals surface area contributed by atoms with Crippen LogP contribution in [-0.4, -0.2) is 18.3 Å². The van der Waals surface area contributed by atoms with Crippen molar-refractivity contribution in [1.82, 2.24) is 5.32 Å². The lowest BCUT2D eigenvalue weighted by Gasteiger charge is -2.09. The molecule has 0 aliphatic rings. The zero-order chi connectivity index (χ0) is 13.5. The maximum absolute atomic E-state index is 12.9. The van der Waals surface area contributed by atoms with Gasteiger partial charge in [-0.2, -0.15) is 0 Å².